The van der Waals surface area contributed by atoms with Gasteiger partial charge in [-0.3, -0.25) is 4.57 Å². The van der Waals surface area contributed by atoms with Gasteiger partial charge < -0.3 is 28.7 Å². The Hall–Kier alpha value is -0.0100. The molecule has 1 aliphatic heterocycles. The van der Waals surface area contributed by atoms with Crippen LogP contribution in [0.15, 0.2) is 0 Å². The lowest BCUT2D eigenvalue weighted by molar-refractivity contribution is -0.149. The Kier molecular flexibility index (Phi) is 6.90. The second-order valence-electron chi connectivity index (χ2n) is 4.23. The minimum absolute atomic E-state index is 0.121. The number of rotatable bonds is 8. The van der Waals surface area contributed by atoms with E-state index >= 15 is 0 Å². The summed E-state index contributed by atoms with van der Waals surface area (Å²) in [5, 5.41) is 19.3. The molecule has 0 bridgehead atoms. The van der Waals surface area contributed by atoms with Crippen molar-refractivity contribution in [2.75, 3.05) is 26.5 Å². The summed E-state index contributed by atoms with van der Waals surface area (Å²) in [6, 6.07) is 0. The van der Waals surface area contributed by atoms with E-state index in [1.54, 1.807) is 13.8 Å². The topological polar surface area (TPSA) is 94.5 Å². The molecule has 1 fully saturated rings. The summed E-state index contributed by atoms with van der Waals surface area (Å²) in [6.07, 6.45) is -2.98. The van der Waals surface area contributed by atoms with Crippen LogP contribution in [0.5, 0.6) is 0 Å². The van der Waals surface area contributed by atoms with E-state index in [-0.39, 0.29) is 12.8 Å². The highest BCUT2D eigenvalue weighted by Gasteiger charge is 2.42. The van der Waals surface area contributed by atoms with Gasteiger partial charge in [0.1, 0.15) is 12.2 Å². The Balaban J connectivity index is 2.39. The standard InChI is InChI=1S/C11H23O7P/c1-4-16-19(14,5-2)17-7-6-8-9(12)10(13)11(15-3)18-8/h8-13H,4-7H2,1-3H3/t8-,9-,10-,11-,19?/m1/s1. The van der Waals surface area contributed by atoms with E-state index in [0.717, 1.165) is 0 Å². The van der Waals surface area contributed by atoms with Gasteiger partial charge in [-0.25, -0.2) is 0 Å². The van der Waals surface area contributed by atoms with Crippen LogP contribution in [0.2, 0.25) is 0 Å². The van der Waals surface area contributed by atoms with Crippen LogP contribution in [0.25, 0.3) is 0 Å². The van der Waals surface area contributed by atoms with Crippen molar-refractivity contribution in [1.82, 2.24) is 0 Å². The average Bonchev–Trinajstić information content (AvgIpc) is 2.67. The molecular formula is C11H23O7P. The maximum absolute atomic E-state index is 12.0. The van der Waals surface area contributed by atoms with Gasteiger partial charge in [-0.05, 0) is 6.92 Å². The van der Waals surface area contributed by atoms with Crippen LogP contribution >= 0.6 is 7.60 Å². The van der Waals surface area contributed by atoms with Crippen molar-refractivity contribution in [3.8, 4) is 0 Å². The SMILES string of the molecule is CCOP(=O)(CC)OCC[C@H]1O[C@@H](OC)[C@H](O)[C@@H]1O. The fourth-order valence-corrected chi connectivity index (χ4v) is 3.09. The van der Waals surface area contributed by atoms with Crippen LogP contribution in [0.3, 0.4) is 0 Å². The Morgan fingerprint density at radius 3 is 2.37 bits per heavy atom. The van der Waals surface area contributed by atoms with E-state index in [9.17, 15) is 14.8 Å². The minimum Gasteiger partial charge on any atom is -0.387 e. The molecule has 0 aliphatic carbocycles. The second-order valence-corrected chi connectivity index (χ2v) is 6.60. The molecule has 1 rings (SSSR count). The maximum atomic E-state index is 12.0. The molecule has 0 radical (unpaired) electrons. The molecule has 1 heterocycles. The fourth-order valence-electron chi connectivity index (χ4n) is 1.87. The summed E-state index contributed by atoms with van der Waals surface area (Å²) in [5.41, 5.74) is 0. The van der Waals surface area contributed by atoms with Crippen LogP contribution in [0, 0.1) is 0 Å². The first-order valence-electron chi connectivity index (χ1n) is 6.40. The van der Waals surface area contributed by atoms with Gasteiger partial charge in [-0.1, -0.05) is 6.92 Å². The largest absolute Gasteiger partial charge is 0.387 e. The first-order valence-corrected chi connectivity index (χ1v) is 8.12. The first kappa shape index (κ1) is 17.0. The first-order chi connectivity index (χ1) is 8.97. The molecular weight excluding hydrogens is 275 g/mol. The van der Waals surface area contributed by atoms with E-state index in [4.69, 9.17) is 18.5 Å². The summed E-state index contributed by atoms with van der Waals surface area (Å²) >= 11 is 0. The number of hydrogen-bond donors (Lipinski definition) is 2. The molecule has 1 aliphatic rings. The number of aliphatic hydroxyl groups excluding tert-OH is 2. The Labute approximate surface area is 113 Å². The van der Waals surface area contributed by atoms with E-state index in [1.165, 1.54) is 7.11 Å². The third-order valence-electron chi connectivity index (χ3n) is 2.95. The molecule has 0 amide bonds. The Morgan fingerprint density at radius 1 is 1.21 bits per heavy atom. The molecule has 1 unspecified atom stereocenters. The van der Waals surface area contributed by atoms with Crippen molar-refractivity contribution in [3.05, 3.63) is 0 Å². The van der Waals surface area contributed by atoms with Gasteiger partial charge in [0.25, 0.3) is 0 Å². The lowest BCUT2D eigenvalue weighted by atomic mass is 10.1. The van der Waals surface area contributed by atoms with Crippen molar-refractivity contribution in [2.24, 2.45) is 0 Å². The third kappa shape index (κ3) is 4.49. The molecule has 19 heavy (non-hydrogen) atoms. The van der Waals surface area contributed by atoms with Gasteiger partial charge in [-0.2, -0.15) is 0 Å². The molecule has 1 saturated heterocycles. The van der Waals surface area contributed by atoms with E-state index < -0.39 is 32.2 Å². The molecule has 0 aromatic carbocycles. The quantitative estimate of drug-likeness (QED) is 0.638. The summed E-state index contributed by atoms with van der Waals surface area (Å²) in [7, 11) is -1.66. The number of aliphatic hydroxyl groups is 2. The van der Waals surface area contributed by atoms with Crippen LogP contribution in [0.4, 0.5) is 0 Å². The third-order valence-corrected chi connectivity index (χ3v) is 4.96. The van der Waals surface area contributed by atoms with E-state index in [0.29, 0.717) is 13.0 Å². The van der Waals surface area contributed by atoms with Gasteiger partial charge in [0.2, 0.25) is 0 Å². The van der Waals surface area contributed by atoms with Gasteiger partial charge >= 0.3 is 7.60 Å². The van der Waals surface area contributed by atoms with Gasteiger partial charge in [0, 0.05) is 19.7 Å². The molecule has 0 aromatic heterocycles. The average molecular weight is 298 g/mol. The summed E-state index contributed by atoms with van der Waals surface area (Å²) < 4.78 is 32.5. The highest BCUT2D eigenvalue weighted by Crippen LogP contribution is 2.47. The van der Waals surface area contributed by atoms with Crippen molar-refractivity contribution >= 4 is 7.60 Å². The Morgan fingerprint density at radius 2 is 1.89 bits per heavy atom. The van der Waals surface area contributed by atoms with Crippen molar-refractivity contribution < 1.29 is 33.3 Å². The zero-order chi connectivity index (χ0) is 14.5. The van der Waals surface area contributed by atoms with Gasteiger partial charge in [-0.15, -0.1) is 0 Å². The predicted octanol–water partition coefficient (Wildman–Crippen LogP) is 0.736. The van der Waals surface area contributed by atoms with Crippen LogP contribution in [-0.2, 0) is 23.1 Å². The normalized spacial score (nSPS) is 34.4. The predicted molar refractivity (Wildman–Crippen MR) is 68.0 cm³/mol. The van der Waals surface area contributed by atoms with E-state index in [1.807, 2.05) is 0 Å². The molecule has 0 aromatic rings. The smallest absolute Gasteiger partial charge is 0.330 e. The molecule has 7 nitrogen and oxygen atoms in total. The minimum atomic E-state index is -3.05. The second kappa shape index (κ2) is 7.69. The van der Waals surface area contributed by atoms with Crippen LogP contribution in [0.1, 0.15) is 20.3 Å². The van der Waals surface area contributed by atoms with Crippen LogP contribution < -0.4 is 0 Å². The molecule has 0 saturated carbocycles. The highest BCUT2D eigenvalue weighted by atomic mass is 31.2. The fraction of sp³-hybridized carbons (Fsp3) is 1.00. The highest BCUT2D eigenvalue weighted by molar-refractivity contribution is 7.53. The number of ether oxygens (including phenoxy) is 2. The summed E-state index contributed by atoms with van der Waals surface area (Å²) in [5.74, 6) is 0. The number of methoxy groups -OCH3 is 1. The van der Waals surface area contributed by atoms with E-state index in [2.05, 4.69) is 0 Å². The molecule has 0 spiro atoms. The lowest BCUT2D eigenvalue weighted by Gasteiger charge is -2.18. The Bertz CT molecular complexity index is 311. The zero-order valence-electron chi connectivity index (χ0n) is 11.5. The van der Waals surface area contributed by atoms with Crippen molar-refractivity contribution in [1.29, 1.82) is 0 Å². The summed E-state index contributed by atoms with van der Waals surface area (Å²) in [4.78, 5) is 0. The zero-order valence-corrected chi connectivity index (χ0v) is 12.4. The molecule has 5 atom stereocenters. The molecule has 2 N–H and O–H groups in total. The van der Waals surface area contributed by atoms with Gasteiger partial charge in [0.15, 0.2) is 6.29 Å². The van der Waals surface area contributed by atoms with Crippen LogP contribution in [-0.4, -0.2) is 61.3 Å². The maximum Gasteiger partial charge on any atom is 0.330 e. The van der Waals surface area contributed by atoms with Crippen molar-refractivity contribution in [3.63, 3.8) is 0 Å². The lowest BCUT2D eigenvalue weighted by Crippen LogP contribution is -2.33. The molecule has 8 heteroatoms. The number of hydrogen-bond acceptors (Lipinski definition) is 7. The van der Waals surface area contributed by atoms with Crippen molar-refractivity contribution in [2.45, 2.75) is 44.9 Å². The summed E-state index contributed by atoms with van der Waals surface area (Å²) in [6.45, 7) is 3.91. The molecule has 114 valence electrons. The monoisotopic (exact) mass is 298 g/mol. The van der Waals surface area contributed by atoms with Gasteiger partial charge in [0.05, 0.1) is 19.3 Å².